The van der Waals surface area contributed by atoms with Crippen LogP contribution in [-0.2, 0) is 0 Å². The van der Waals surface area contributed by atoms with Crippen molar-refractivity contribution >= 4 is 11.6 Å². The summed E-state index contributed by atoms with van der Waals surface area (Å²) in [5, 5.41) is 0.809. The molecule has 1 aromatic rings. The van der Waals surface area contributed by atoms with Crippen LogP contribution in [0, 0.1) is 0 Å². The van der Waals surface area contributed by atoms with E-state index in [-0.39, 0.29) is 12.1 Å². The van der Waals surface area contributed by atoms with Crippen molar-refractivity contribution in [2.24, 2.45) is 5.73 Å². The number of hydrogen-bond acceptors (Lipinski definition) is 2. The van der Waals surface area contributed by atoms with Crippen molar-refractivity contribution in [2.45, 2.75) is 70.5 Å². The van der Waals surface area contributed by atoms with Crippen molar-refractivity contribution in [3.63, 3.8) is 0 Å². The molecule has 2 N–H and O–H groups in total. The summed E-state index contributed by atoms with van der Waals surface area (Å²) in [5.74, 6) is 0. The highest BCUT2D eigenvalue weighted by atomic mass is 35.5. The predicted octanol–water partition coefficient (Wildman–Crippen LogP) is 4.77. The van der Waals surface area contributed by atoms with Crippen molar-refractivity contribution in [3.8, 4) is 0 Å². The van der Waals surface area contributed by atoms with Gasteiger partial charge in [0.25, 0.3) is 0 Å². The number of nitrogens with zero attached hydrogens (tertiary/aromatic N) is 1. The minimum absolute atomic E-state index is 0.163. The van der Waals surface area contributed by atoms with Gasteiger partial charge in [0.1, 0.15) is 0 Å². The quantitative estimate of drug-likeness (QED) is 0.848. The van der Waals surface area contributed by atoms with E-state index in [4.69, 9.17) is 17.3 Å². The monoisotopic (exact) mass is 308 g/mol. The standard InChI is InChI=1S/C18H29ClN2/c1-3-16-11-6-5-7-12-21(16)18(17(20)4-2)14-9-8-10-15(19)13-14/h8-10,13,16-18H,3-7,11-12,20H2,1-2H3. The summed E-state index contributed by atoms with van der Waals surface area (Å²) in [7, 11) is 0. The van der Waals surface area contributed by atoms with Crippen LogP contribution in [0.15, 0.2) is 24.3 Å². The third-order valence-electron chi connectivity index (χ3n) is 4.82. The zero-order valence-electron chi connectivity index (χ0n) is 13.4. The lowest BCUT2D eigenvalue weighted by molar-refractivity contribution is 0.112. The zero-order chi connectivity index (χ0) is 15.2. The van der Waals surface area contributed by atoms with E-state index in [0.717, 1.165) is 18.0 Å². The van der Waals surface area contributed by atoms with Crippen molar-refractivity contribution in [3.05, 3.63) is 34.9 Å². The van der Waals surface area contributed by atoms with Crippen LogP contribution < -0.4 is 5.73 Å². The summed E-state index contributed by atoms with van der Waals surface area (Å²) in [6.07, 6.45) is 7.46. The van der Waals surface area contributed by atoms with E-state index in [0.29, 0.717) is 6.04 Å². The molecule has 0 bridgehead atoms. The van der Waals surface area contributed by atoms with Gasteiger partial charge in [-0.05, 0) is 49.9 Å². The molecule has 0 aromatic heterocycles. The van der Waals surface area contributed by atoms with E-state index in [9.17, 15) is 0 Å². The number of rotatable bonds is 5. The first-order valence-corrected chi connectivity index (χ1v) is 8.82. The molecule has 3 heteroatoms. The fraction of sp³-hybridized carbons (Fsp3) is 0.667. The Morgan fingerprint density at radius 2 is 2.10 bits per heavy atom. The van der Waals surface area contributed by atoms with Crippen LogP contribution in [0.3, 0.4) is 0 Å². The number of benzene rings is 1. The molecule has 1 heterocycles. The first-order valence-electron chi connectivity index (χ1n) is 8.44. The van der Waals surface area contributed by atoms with Crippen molar-refractivity contribution < 1.29 is 0 Å². The SMILES string of the molecule is CCC(N)C(c1cccc(Cl)c1)N1CCCCCC1CC. The minimum Gasteiger partial charge on any atom is -0.326 e. The maximum atomic E-state index is 6.51. The second kappa shape index (κ2) is 8.17. The number of halogens is 1. The maximum absolute atomic E-state index is 6.51. The molecule has 1 aromatic carbocycles. The van der Waals surface area contributed by atoms with Gasteiger partial charge in [0.2, 0.25) is 0 Å². The Bertz CT molecular complexity index is 435. The lowest BCUT2D eigenvalue weighted by Crippen LogP contribution is -2.45. The van der Waals surface area contributed by atoms with Crippen molar-refractivity contribution in [1.82, 2.24) is 4.90 Å². The van der Waals surface area contributed by atoms with E-state index >= 15 is 0 Å². The average molecular weight is 309 g/mol. The minimum atomic E-state index is 0.163. The molecule has 0 saturated carbocycles. The Morgan fingerprint density at radius 3 is 2.76 bits per heavy atom. The second-order valence-corrected chi connectivity index (χ2v) is 6.66. The lowest BCUT2D eigenvalue weighted by Gasteiger charge is -2.40. The first-order chi connectivity index (χ1) is 10.2. The first kappa shape index (κ1) is 16.8. The molecule has 1 saturated heterocycles. The molecule has 21 heavy (non-hydrogen) atoms. The number of hydrogen-bond donors (Lipinski definition) is 1. The molecule has 3 unspecified atom stereocenters. The van der Waals surface area contributed by atoms with Gasteiger partial charge in [-0.1, -0.05) is 50.4 Å². The fourth-order valence-electron chi connectivity index (χ4n) is 3.60. The molecule has 1 aliphatic rings. The van der Waals surface area contributed by atoms with Crippen molar-refractivity contribution in [2.75, 3.05) is 6.54 Å². The van der Waals surface area contributed by atoms with Gasteiger partial charge in [0.15, 0.2) is 0 Å². The van der Waals surface area contributed by atoms with Crippen LogP contribution in [0.5, 0.6) is 0 Å². The van der Waals surface area contributed by atoms with Gasteiger partial charge in [-0.25, -0.2) is 0 Å². The molecule has 1 aliphatic heterocycles. The van der Waals surface area contributed by atoms with Gasteiger partial charge >= 0.3 is 0 Å². The van der Waals surface area contributed by atoms with E-state index < -0.39 is 0 Å². The molecular formula is C18H29ClN2. The highest BCUT2D eigenvalue weighted by molar-refractivity contribution is 6.30. The van der Waals surface area contributed by atoms with Gasteiger partial charge < -0.3 is 5.73 Å². The third-order valence-corrected chi connectivity index (χ3v) is 5.05. The topological polar surface area (TPSA) is 29.3 Å². The lowest BCUT2D eigenvalue weighted by atomic mass is 9.93. The molecule has 2 rings (SSSR count). The Hall–Kier alpha value is -0.570. The summed E-state index contributed by atoms with van der Waals surface area (Å²) in [4.78, 5) is 2.66. The van der Waals surface area contributed by atoms with Crippen LogP contribution >= 0.6 is 11.6 Å². The van der Waals surface area contributed by atoms with Gasteiger partial charge in [0, 0.05) is 17.1 Å². The second-order valence-electron chi connectivity index (χ2n) is 6.22. The molecule has 3 atom stereocenters. The summed E-state index contributed by atoms with van der Waals surface area (Å²) in [5.41, 5.74) is 7.79. The zero-order valence-corrected chi connectivity index (χ0v) is 14.1. The van der Waals surface area contributed by atoms with Gasteiger partial charge in [-0.15, -0.1) is 0 Å². The molecule has 0 amide bonds. The third kappa shape index (κ3) is 4.21. The molecule has 118 valence electrons. The van der Waals surface area contributed by atoms with E-state index in [1.165, 1.54) is 37.7 Å². The number of nitrogens with two attached hydrogens (primary N) is 1. The van der Waals surface area contributed by atoms with E-state index in [1.807, 2.05) is 12.1 Å². The molecule has 0 radical (unpaired) electrons. The Kier molecular flexibility index (Phi) is 6.53. The summed E-state index contributed by atoms with van der Waals surface area (Å²) >= 11 is 6.22. The van der Waals surface area contributed by atoms with Crippen LogP contribution in [0.1, 0.15) is 64.0 Å². The van der Waals surface area contributed by atoms with E-state index in [2.05, 4.69) is 30.9 Å². The predicted molar refractivity (Wildman–Crippen MR) is 91.7 cm³/mol. The molecule has 0 spiro atoms. The summed E-state index contributed by atoms with van der Waals surface area (Å²) in [6.45, 7) is 5.64. The Balaban J connectivity index is 2.33. The Morgan fingerprint density at radius 1 is 1.29 bits per heavy atom. The van der Waals surface area contributed by atoms with Gasteiger partial charge in [-0.3, -0.25) is 4.90 Å². The maximum Gasteiger partial charge on any atom is 0.0502 e. The molecule has 0 aliphatic carbocycles. The van der Waals surface area contributed by atoms with Gasteiger partial charge in [0.05, 0.1) is 6.04 Å². The van der Waals surface area contributed by atoms with Crippen molar-refractivity contribution in [1.29, 1.82) is 0 Å². The highest BCUT2D eigenvalue weighted by Crippen LogP contribution is 2.33. The smallest absolute Gasteiger partial charge is 0.0502 e. The Labute approximate surface area is 134 Å². The van der Waals surface area contributed by atoms with Crippen LogP contribution in [-0.4, -0.2) is 23.5 Å². The normalized spacial score (nSPS) is 23.5. The van der Waals surface area contributed by atoms with Crippen LogP contribution in [0.2, 0.25) is 5.02 Å². The molecule has 2 nitrogen and oxygen atoms in total. The molecular weight excluding hydrogens is 280 g/mol. The number of likely N-dealkylation sites (tertiary alicyclic amines) is 1. The summed E-state index contributed by atoms with van der Waals surface area (Å²) in [6, 6.07) is 9.37. The van der Waals surface area contributed by atoms with E-state index in [1.54, 1.807) is 0 Å². The largest absolute Gasteiger partial charge is 0.326 e. The molecule has 1 fully saturated rings. The van der Waals surface area contributed by atoms with Gasteiger partial charge in [-0.2, -0.15) is 0 Å². The van der Waals surface area contributed by atoms with Crippen LogP contribution in [0.4, 0.5) is 0 Å². The summed E-state index contributed by atoms with van der Waals surface area (Å²) < 4.78 is 0. The highest BCUT2D eigenvalue weighted by Gasteiger charge is 2.31. The average Bonchev–Trinajstić information content (AvgIpc) is 2.73. The van der Waals surface area contributed by atoms with Crippen LogP contribution in [0.25, 0.3) is 0 Å². The fourth-order valence-corrected chi connectivity index (χ4v) is 3.80.